The Balaban J connectivity index is 1.09. The smallest absolute Gasteiger partial charge is 0.263 e. The van der Waals surface area contributed by atoms with Crippen molar-refractivity contribution < 1.29 is 13.2 Å². The van der Waals surface area contributed by atoms with Crippen LogP contribution in [0, 0.1) is 0 Å². The lowest BCUT2D eigenvalue weighted by molar-refractivity contribution is 0.390. The van der Waals surface area contributed by atoms with Gasteiger partial charge in [-0.15, -0.1) is 21.5 Å². The number of thiophene rings is 1. The third kappa shape index (κ3) is 6.25. The second-order valence-electron chi connectivity index (χ2n) is 9.64. The first kappa shape index (κ1) is 29.2. The number of fused-ring (bicyclic) bond motifs is 1. The number of benzene rings is 2. The Morgan fingerprint density at radius 2 is 1.77 bits per heavy atom. The molecule has 1 saturated heterocycles. The van der Waals surface area contributed by atoms with Crippen molar-refractivity contribution in [2.45, 2.75) is 18.2 Å². The molecule has 6 rings (SSSR count). The van der Waals surface area contributed by atoms with Gasteiger partial charge in [-0.3, -0.25) is 4.72 Å². The molecule has 0 aliphatic carbocycles. The van der Waals surface area contributed by atoms with Gasteiger partial charge in [-0.05, 0) is 60.6 Å². The van der Waals surface area contributed by atoms with Gasteiger partial charge in [0, 0.05) is 42.8 Å². The number of nitrogens with zero attached hydrogens (tertiary/aromatic N) is 6. The van der Waals surface area contributed by atoms with Crippen LogP contribution >= 0.6 is 34.9 Å². The van der Waals surface area contributed by atoms with E-state index in [9.17, 15) is 8.42 Å². The Labute approximate surface area is 262 Å². The Kier molecular flexibility index (Phi) is 8.38. The van der Waals surface area contributed by atoms with Crippen molar-refractivity contribution in [1.82, 2.24) is 25.1 Å². The molecule has 0 spiro atoms. The van der Waals surface area contributed by atoms with Crippen LogP contribution in [-0.2, 0) is 16.4 Å². The number of anilines is 3. The molecule has 0 radical (unpaired) electrons. The highest BCUT2D eigenvalue weighted by atomic mass is 32.2. The summed E-state index contributed by atoms with van der Waals surface area (Å²) in [5.74, 6) is 1.73. The first-order valence-electron chi connectivity index (χ1n) is 13.5. The second-order valence-corrected chi connectivity index (χ2v) is 13.6. The third-order valence-corrected chi connectivity index (χ3v) is 10.7. The van der Waals surface area contributed by atoms with Crippen LogP contribution in [0.25, 0.3) is 21.3 Å². The van der Waals surface area contributed by atoms with Crippen LogP contribution in [0.2, 0.25) is 0 Å². The van der Waals surface area contributed by atoms with E-state index < -0.39 is 10.0 Å². The molecule has 0 bridgehead atoms. The fourth-order valence-corrected chi connectivity index (χ4v) is 7.86. The van der Waals surface area contributed by atoms with E-state index >= 15 is 0 Å². The molecular formula is C28H28N8O3S4. The van der Waals surface area contributed by atoms with Gasteiger partial charge in [0.25, 0.3) is 10.0 Å². The number of piperazine rings is 1. The van der Waals surface area contributed by atoms with Gasteiger partial charge in [-0.1, -0.05) is 30.4 Å². The summed E-state index contributed by atoms with van der Waals surface area (Å²) in [5.41, 5.74) is 2.90. The van der Waals surface area contributed by atoms with Crippen molar-refractivity contribution in [2.24, 2.45) is 0 Å². The number of methoxy groups -OCH3 is 1. The molecule has 15 heteroatoms. The van der Waals surface area contributed by atoms with Gasteiger partial charge in [-0.25, -0.2) is 18.4 Å². The Hall–Kier alpha value is -3.92. The van der Waals surface area contributed by atoms with Crippen LogP contribution in [0.1, 0.15) is 11.9 Å². The SMILES string of the molecule is CCc1nnc(NS(=O)(=O)c2ccc(NC(=S)N3CCN(c4ncnc5scc(-c6ccc(OC)cc6)c45)CC3)cc2)s1. The maximum absolute atomic E-state index is 12.8. The van der Waals surface area contributed by atoms with E-state index in [0.717, 1.165) is 51.0 Å². The molecule has 11 nitrogen and oxygen atoms in total. The summed E-state index contributed by atoms with van der Waals surface area (Å²) in [6, 6.07) is 14.5. The maximum atomic E-state index is 12.8. The highest BCUT2D eigenvalue weighted by Crippen LogP contribution is 2.38. The molecule has 43 heavy (non-hydrogen) atoms. The number of ether oxygens (including phenoxy) is 1. The molecule has 4 heterocycles. The minimum atomic E-state index is -3.78. The number of hydrogen-bond donors (Lipinski definition) is 2. The molecule has 0 atom stereocenters. The molecule has 0 amide bonds. The van der Waals surface area contributed by atoms with Crippen LogP contribution in [-0.4, -0.2) is 71.9 Å². The second kappa shape index (κ2) is 12.4. The van der Waals surface area contributed by atoms with Gasteiger partial charge in [0.05, 0.1) is 17.4 Å². The Morgan fingerprint density at radius 1 is 1.02 bits per heavy atom. The normalized spacial score (nSPS) is 13.7. The number of aryl methyl sites for hydroxylation is 1. The van der Waals surface area contributed by atoms with Gasteiger partial charge in [0.2, 0.25) is 5.13 Å². The fraction of sp³-hybridized carbons (Fsp3) is 0.250. The number of hydrogen-bond acceptors (Lipinski definition) is 11. The molecule has 1 fully saturated rings. The van der Waals surface area contributed by atoms with E-state index in [2.05, 4.69) is 57.5 Å². The van der Waals surface area contributed by atoms with Crippen molar-refractivity contribution in [3.05, 3.63) is 65.2 Å². The largest absolute Gasteiger partial charge is 0.497 e. The number of sulfonamides is 1. The Bertz CT molecular complexity index is 1850. The van der Waals surface area contributed by atoms with E-state index in [0.29, 0.717) is 30.3 Å². The van der Waals surface area contributed by atoms with Crippen LogP contribution < -0.4 is 19.7 Å². The van der Waals surface area contributed by atoms with Crippen LogP contribution in [0.5, 0.6) is 5.75 Å². The zero-order chi connectivity index (χ0) is 30.0. The van der Waals surface area contributed by atoms with E-state index in [4.69, 9.17) is 17.0 Å². The summed E-state index contributed by atoms with van der Waals surface area (Å²) in [6.45, 7) is 4.82. The highest BCUT2D eigenvalue weighted by Gasteiger charge is 2.24. The monoisotopic (exact) mass is 652 g/mol. The summed E-state index contributed by atoms with van der Waals surface area (Å²) in [7, 11) is -2.12. The average molecular weight is 653 g/mol. The van der Waals surface area contributed by atoms with Crippen molar-refractivity contribution in [2.75, 3.05) is 48.2 Å². The first-order valence-corrected chi connectivity index (χ1v) is 17.1. The Morgan fingerprint density at radius 3 is 2.44 bits per heavy atom. The van der Waals surface area contributed by atoms with E-state index in [1.165, 1.54) is 23.5 Å². The van der Waals surface area contributed by atoms with E-state index in [1.807, 2.05) is 19.1 Å². The summed E-state index contributed by atoms with van der Waals surface area (Å²) >= 11 is 8.54. The van der Waals surface area contributed by atoms with Gasteiger partial charge in [0.1, 0.15) is 27.7 Å². The number of aromatic nitrogens is 4. The van der Waals surface area contributed by atoms with Crippen LogP contribution in [0.15, 0.2) is 65.1 Å². The lowest BCUT2D eigenvalue weighted by Gasteiger charge is -2.37. The van der Waals surface area contributed by atoms with Crippen LogP contribution in [0.4, 0.5) is 16.6 Å². The zero-order valence-electron chi connectivity index (χ0n) is 23.4. The van der Waals surface area contributed by atoms with Crippen molar-refractivity contribution in [3.8, 4) is 16.9 Å². The van der Waals surface area contributed by atoms with E-state index in [1.54, 1.807) is 36.9 Å². The third-order valence-electron chi connectivity index (χ3n) is 7.02. The lowest BCUT2D eigenvalue weighted by atomic mass is 10.1. The van der Waals surface area contributed by atoms with Gasteiger partial charge in [-0.2, -0.15) is 0 Å². The maximum Gasteiger partial charge on any atom is 0.263 e. The van der Waals surface area contributed by atoms with Crippen LogP contribution in [0.3, 0.4) is 0 Å². The number of nitrogens with one attached hydrogen (secondary N) is 2. The predicted molar refractivity (Wildman–Crippen MR) is 176 cm³/mol. The van der Waals surface area contributed by atoms with Crippen molar-refractivity contribution in [3.63, 3.8) is 0 Å². The van der Waals surface area contributed by atoms with Crippen molar-refractivity contribution >= 4 is 76.9 Å². The summed E-state index contributed by atoms with van der Waals surface area (Å²) < 4.78 is 33.4. The molecule has 2 N–H and O–H groups in total. The van der Waals surface area contributed by atoms with Gasteiger partial charge >= 0.3 is 0 Å². The summed E-state index contributed by atoms with van der Waals surface area (Å²) in [4.78, 5) is 14.7. The lowest BCUT2D eigenvalue weighted by Crippen LogP contribution is -2.50. The average Bonchev–Trinajstić information content (AvgIpc) is 3.68. The minimum absolute atomic E-state index is 0.129. The topological polar surface area (TPSA) is 125 Å². The predicted octanol–water partition coefficient (Wildman–Crippen LogP) is 5.10. The molecule has 1 aliphatic rings. The molecule has 5 aromatic rings. The molecule has 0 saturated carbocycles. The molecule has 222 valence electrons. The molecule has 3 aromatic heterocycles. The first-order chi connectivity index (χ1) is 20.8. The number of rotatable bonds is 8. The van der Waals surface area contributed by atoms with Gasteiger partial charge in [0.15, 0.2) is 5.11 Å². The quantitative estimate of drug-likeness (QED) is 0.218. The number of thiocarbonyl (C=S) groups is 1. The van der Waals surface area contributed by atoms with Crippen molar-refractivity contribution in [1.29, 1.82) is 0 Å². The summed E-state index contributed by atoms with van der Waals surface area (Å²) in [6.07, 6.45) is 2.32. The highest BCUT2D eigenvalue weighted by molar-refractivity contribution is 7.93. The standard InChI is InChI=1S/C28H28N8O3S4/c1-3-23-32-33-27(42-23)34-43(37,38)21-10-6-19(7-11-21)31-28(40)36-14-12-35(13-15-36)25-24-22(16-41-26(24)30-17-29-25)18-4-8-20(39-2)9-5-18/h4-11,16-17H,3,12-15H2,1-2H3,(H,31,40)(H,33,34). The van der Waals surface area contributed by atoms with E-state index in [-0.39, 0.29) is 10.0 Å². The molecule has 0 unspecified atom stereocenters. The fourth-order valence-electron chi connectivity index (χ4n) is 4.74. The zero-order valence-corrected chi connectivity index (χ0v) is 26.6. The molecule has 2 aromatic carbocycles. The minimum Gasteiger partial charge on any atom is -0.497 e. The molecule has 1 aliphatic heterocycles. The summed E-state index contributed by atoms with van der Waals surface area (Å²) in [5, 5.41) is 15.9. The molecular weight excluding hydrogens is 625 g/mol. The van der Waals surface area contributed by atoms with Gasteiger partial charge < -0.3 is 19.9 Å².